The predicted octanol–water partition coefficient (Wildman–Crippen LogP) is 6.99. The van der Waals surface area contributed by atoms with E-state index in [1.807, 2.05) is 54.5 Å². The molecule has 0 amide bonds. The van der Waals surface area contributed by atoms with Crippen LogP contribution in [0.2, 0.25) is 0 Å². The zero-order chi connectivity index (χ0) is 31.8. The summed E-state index contributed by atoms with van der Waals surface area (Å²) in [6.45, 7) is 3.01. The molecule has 1 saturated carbocycles. The molecule has 5 aromatic rings. The number of phenolic OH excluding ortho intramolecular Hbond substituents is 1. The van der Waals surface area contributed by atoms with Crippen LogP contribution in [0.15, 0.2) is 61.2 Å². The van der Waals surface area contributed by atoms with Crippen molar-refractivity contribution in [3.05, 3.63) is 72.3 Å². The van der Waals surface area contributed by atoms with Crippen molar-refractivity contribution in [1.29, 1.82) is 0 Å². The largest absolute Gasteiger partial charge is 0.505 e. The molecule has 0 spiro atoms. The number of anilines is 1. The summed E-state index contributed by atoms with van der Waals surface area (Å²) < 4.78 is 10.3. The Labute approximate surface area is 284 Å². The van der Waals surface area contributed by atoms with Gasteiger partial charge in [0.1, 0.15) is 24.4 Å². The SMILES string of the molecule is CN1CCC(n2cc(-c3cc4c(-c5cccc(N(C)CCOc6cc(C7CC7)ccc6C=O)c5O)ncnc4n3SI)cn2)CC1. The van der Waals surface area contributed by atoms with E-state index in [1.165, 1.54) is 18.4 Å². The van der Waals surface area contributed by atoms with Gasteiger partial charge >= 0.3 is 0 Å². The van der Waals surface area contributed by atoms with E-state index in [1.54, 1.807) is 15.4 Å². The number of phenols is 1. The molecule has 12 heteroatoms. The highest BCUT2D eigenvalue weighted by atomic mass is 127. The number of carbonyl (C=O) groups is 1. The molecule has 46 heavy (non-hydrogen) atoms. The van der Waals surface area contributed by atoms with Crippen LogP contribution in [0.25, 0.3) is 33.5 Å². The molecule has 0 bridgehead atoms. The lowest BCUT2D eigenvalue weighted by atomic mass is 10.1. The van der Waals surface area contributed by atoms with Crippen LogP contribution < -0.4 is 9.64 Å². The predicted molar refractivity (Wildman–Crippen MR) is 191 cm³/mol. The van der Waals surface area contributed by atoms with Crippen LogP contribution in [-0.4, -0.2) is 80.3 Å². The van der Waals surface area contributed by atoms with Gasteiger partial charge in [-0.25, -0.2) is 9.97 Å². The maximum Gasteiger partial charge on any atom is 0.155 e. The van der Waals surface area contributed by atoms with E-state index >= 15 is 0 Å². The van der Waals surface area contributed by atoms with Gasteiger partial charge in [-0.2, -0.15) is 5.10 Å². The summed E-state index contributed by atoms with van der Waals surface area (Å²) in [7, 11) is 5.64. The number of carbonyl (C=O) groups excluding carboxylic acids is 1. The van der Waals surface area contributed by atoms with E-state index in [2.05, 4.69) is 64.0 Å². The number of nitrogens with zero attached hydrogens (tertiary/aromatic N) is 7. The fraction of sp³-hybridized carbons (Fsp3) is 0.353. The zero-order valence-corrected chi connectivity index (χ0v) is 28.8. The molecule has 1 aliphatic heterocycles. The van der Waals surface area contributed by atoms with E-state index in [4.69, 9.17) is 9.84 Å². The normalized spacial score (nSPS) is 15.8. The molecular formula is C34H36IN7O3S. The molecule has 1 saturated heterocycles. The second-order valence-electron chi connectivity index (χ2n) is 12.2. The lowest BCUT2D eigenvalue weighted by Crippen LogP contribution is -2.31. The lowest BCUT2D eigenvalue weighted by molar-refractivity contribution is 0.111. The van der Waals surface area contributed by atoms with Crippen LogP contribution in [0.4, 0.5) is 5.69 Å². The summed E-state index contributed by atoms with van der Waals surface area (Å²) in [5.74, 6) is 1.32. The van der Waals surface area contributed by atoms with Gasteiger partial charge < -0.3 is 19.6 Å². The molecule has 2 aliphatic rings. The summed E-state index contributed by atoms with van der Waals surface area (Å²) in [5, 5.41) is 17.2. The van der Waals surface area contributed by atoms with Crippen molar-refractivity contribution in [2.75, 3.05) is 45.2 Å². The Morgan fingerprint density at radius 3 is 2.72 bits per heavy atom. The molecule has 238 valence electrons. The average Bonchev–Trinajstić information content (AvgIpc) is 3.69. The van der Waals surface area contributed by atoms with Crippen LogP contribution >= 0.6 is 30.3 Å². The Bertz CT molecular complexity index is 1880. The smallest absolute Gasteiger partial charge is 0.155 e. The summed E-state index contributed by atoms with van der Waals surface area (Å²) in [6, 6.07) is 14.0. The van der Waals surface area contributed by atoms with Crippen molar-refractivity contribution in [3.8, 4) is 34.0 Å². The van der Waals surface area contributed by atoms with Crippen LogP contribution in [0.3, 0.4) is 0 Å². The van der Waals surface area contributed by atoms with Gasteiger partial charge in [0.15, 0.2) is 11.9 Å². The van der Waals surface area contributed by atoms with E-state index in [9.17, 15) is 9.90 Å². The van der Waals surface area contributed by atoms with Gasteiger partial charge in [0.25, 0.3) is 0 Å². The second-order valence-corrected chi connectivity index (χ2v) is 13.9. The van der Waals surface area contributed by atoms with Crippen molar-refractivity contribution in [3.63, 3.8) is 0 Å². The summed E-state index contributed by atoms with van der Waals surface area (Å²) in [5.41, 5.74) is 6.51. The van der Waals surface area contributed by atoms with Crippen LogP contribution in [-0.2, 0) is 0 Å². The number of piperidine rings is 1. The number of hydrogen-bond acceptors (Lipinski definition) is 9. The number of aldehydes is 1. The number of halogens is 1. The van der Waals surface area contributed by atoms with E-state index in [-0.39, 0.29) is 5.75 Å². The zero-order valence-electron chi connectivity index (χ0n) is 25.8. The number of likely N-dealkylation sites (tertiary alicyclic amines) is 1. The van der Waals surface area contributed by atoms with Gasteiger partial charge in [-0.05, 0) is 87.6 Å². The number of hydrogen-bond donors (Lipinski definition) is 1. The van der Waals surface area contributed by atoms with Crippen molar-refractivity contribution in [2.24, 2.45) is 0 Å². The third-order valence-electron chi connectivity index (χ3n) is 9.16. The highest BCUT2D eigenvalue weighted by Crippen LogP contribution is 2.43. The number of likely N-dealkylation sites (N-methyl/N-ethyl adjacent to an activating group) is 1. The van der Waals surface area contributed by atoms with Crippen molar-refractivity contribution in [2.45, 2.75) is 37.6 Å². The highest BCUT2D eigenvalue weighted by molar-refractivity contribution is 14.2. The third-order valence-corrected chi connectivity index (χ3v) is 10.9. The van der Waals surface area contributed by atoms with Crippen molar-refractivity contribution in [1.82, 2.24) is 28.6 Å². The highest BCUT2D eigenvalue weighted by Gasteiger charge is 2.25. The lowest BCUT2D eigenvalue weighted by Gasteiger charge is -2.28. The van der Waals surface area contributed by atoms with Gasteiger partial charge in [-0.3, -0.25) is 13.4 Å². The van der Waals surface area contributed by atoms with Crippen molar-refractivity contribution < 1.29 is 14.6 Å². The van der Waals surface area contributed by atoms with Crippen LogP contribution in [0.1, 0.15) is 53.6 Å². The van der Waals surface area contributed by atoms with E-state index < -0.39 is 0 Å². The molecule has 2 aromatic carbocycles. The van der Waals surface area contributed by atoms with Crippen molar-refractivity contribution >= 4 is 53.3 Å². The fourth-order valence-corrected chi connectivity index (χ4v) is 7.93. The number of aromatic hydroxyl groups is 1. The monoisotopic (exact) mass is 749 g/mol. The maximum atomic E-state index is 11.6. The van der Waals surface area contributed by atoms with Gasteiger partial charge in [0.2, 0.25) is 0 Å². The fourth-order valence-electron chi connectivity index (χ4n) is 6.29. The molecule has 0 unspecified atom stereocenters. The molecule has 1 N–H and O–H groups in total. The van der Waals surface area contributed by atoms with E-state index in [0.29, 0.717) is 53.4 Å². The number of para-hydroxylation sites is 1. The first-order valence-electron chi connectivity index (χ1n) is 15.6. The summed E-state index contributed by atoms with van der Waals surface area (Å²) in [6.07, 6.45) is 11.0. The molecule has 0 radical (unpaired) electrons. The van der Waals surface area contributed by atoms with Gasteiger partial charge in [-0.1, -0.05) is 12.1 Å². The average molecular weight is 750 g/mol. The molecule has 0 atom stereocenters. The molecule has 1 aliphatic carbocycles. The topological polar surface area (TPSA) is 102 Å². The Balaban J connectivity index is 1.14. The Morgan fingerprint density at radius 2 is 1.96 bits per heavy atom. The minimum absolute atomic E-state index is 0.140. The van der Waals surface area contributed by atoms with Gasteiger partial charge in [0, 0.05) is 60.1 Å². The van der Waals surface area contributed by atoms with Crippen LogP contribution in [0, 0.1) is 0 Å². The molecule has 3 aromatic heterocycles. The molecular weight excluding hydrogens is 713 g/mol. The number of aromatic nitrogens is 5. The minimum Gasteiger partial charge on any atom is -0.505 e. The standard InChI is InChI=1S/C34H36IN7O3S/c1-39-12-10-26(11-13-39)41-19-25(18-38-41)30-17-28-32(36-21-37-34(28)42(30)46-35)27-4-3-5-29(33(27)44)40(2)14-15-45-31-16-23(22-6-7-22)8-9-24(31)20-43/h3-5,8-9,16-22,26,44H,6-7,10-15H2,1-2H3. The molecule has 4 heterocycles. The third kappa shape index (κ3) is 6.09. The number of rotatable bonds is 11. The first kappa shape index (κ1) is 31.0. The first-order valence-corrected chi connectivity index (χ1v) is 18.9. The minimum atomic E-state index is 0.140. The summed E-state index contributed by atoms with van der Waals surface area (Å²) >= 11 is 2.28. The quantitative estimate of drug-likeness (QED) is 0.113. The Kier molecular flexibility index (Phi) is 8.93. The first-order chi connectivity index (χ1) is 22.4. The maximum absolute atomic E-state index is 11.6. The number of ether oxygens (including phenoxy) is 1. The Morgan fingerprint density at radius 1 is 1.13 bits per heavy atom. The summed E-state index contributed by atoms with van der Waals surface area (Å²) in [4.78, 5) is 25.2. The van der Waals surface area contributed by atoms with Gasteiger partial charge in [-0.15, -0.1) is 0 Å². The molecule has 7 rings (SSSR count). The van der Waals surface area contributed by atoms with E-state index in [0.717, 1.165) is 54.5 Å². The molecule has 10 nitrogen and oxygen atoms in total. The second kappa shape index (κ2) is 13.2. The number of fused-ring (bicyclic) bond motifs is 1. The molecule has 2 fully saturated rings. The van der Waals surface area contributed by atoms with Gasteiger partial charge in [0.05, 0.1) is 41.4 Å². The number of benzene rings is 2. The van der Waals surface area contributed by atoms with Crippen LogP contribution in [0.5, 0.6) is 11.5 Å². The Hall–Kier alpha value is -3.62.